The summed E-state index contributed by atoms with van der Waals surface area (Å²) in [5.74, 6) is 2.35. The first kappa shape index (κ1) is 36.6. The fraction of sp³-hybridized carbons (Fsp3) is 0.455. The number of amides is 2. The van der Waals surface area contributed by atoms with E-state index in [4.69, 9.17) is 24.2 Å². The molecule has 288 valence electrons. The predicted octanol–water partition coefficient (Wildman–Crippen LogP) is 9.81. The number of carbonyl (C=O) groups is 2. The van der Waals surface area contributed by atoms with E-state index in [1.54, 1.807) is 0 Å². The Morgan fingerprint density at radius 2 is 1.18 bits per heavy atom. The molecule has 55 heavy (non-hydrogen) atoms. The number of hydrogen-bond donors (Lipinski definition) is 4. The lowest BCUT2D eigenvalue weighted by Gasteiger charge is -2.30. The first-order chi connectivity index (χ1) is 26.2. The lowest BCUT2D eigenvalue weighted by Crippen LogP contribution is -2.46. The second-order valence-corrected chi connectivity index (χ2v) is 17.4. The van der Waals surface area contributed by atoms with Crippen LogP contribution in [0, 0.1) is 0 Å². The number of hydrogen-bond acceptors (Lipinski definition) is 7. The number of ether oxygens (including phenoxy) is 3. The fourth-order valence-electron chi connectivity index (χ4n) is 8.39. The van der Waals surface area contributed by atoms with E-state index >= 15 is 0 Å². The van der Waals surface area contributed by atoms with Gasteiger partial charge in [-0.1, -0.05) is 62.1 Å². The van der Waals surface area contributed by atoms with Gasteiger partial charge in [-0.05, 0) is 114 Å². The summed E-state index contributed by atoms with van der Waals surface area (Å²) in [6, 6.07) is 21.1. The highest BCUT2D eigenvalue weighted by Crippen LogP contribution is 2.43. The Bertz CT molecular complexity index is 2230. The van der Waals surface area contributed by atoms with Crippen molar-refractivity contribution in [2.24, 2.45) is 0 Å². The number of nitrogens with zero attached hydrogens (tertiary/aromatic N) is 2. The van der Waals surface area contributed by atoms with Crippen molar-refractivity contribution in [1.29, 1.82) is 0 Å². The molecule has 3 aromatic carbocycles. The van der Waals surface area contributed by atoms with Gasteiger partial charge in [0, 0.05) is 17.7 Å². The number of aromatic nitrogens is 4. The van der Waals surface area contributed by atoms with Gasteiger partial charge in [0.25, 0.3) is 0 Å². The summed E-state index contributed by atoms with van der Waals surface area (Å²) in [6.07, 6.45) is 7.14. The van der Waals surface area contributed by atoms with Gasteiger partial charge in [0.15, 0.2) is 0 Å². The van der Waals surface area contributed by atoms with Crippen molar-refractivity contribution in [2.75, 3.05) is 6.61 Å². The molecule has 3 aliphatic rings. The monoisotopic (exact) mass is 744 g/mol. The summed E-state index contributed by atoms with van der Waals surface area (Å²) in [7, 11) is 0. The molecule has 2 aliphatic carbocycles. The van der Waals surface area contributed by atoms with Crippen LogP contribution >= 0.6 is 0 Å². The van der Waals surface area contributed by atoms with Crippen LogP contribution in [0.1, 0.15) is 110 Å². The lowest BCUT2D eigenvalue weighted by atomic mass is 9.97. The molecule has 0 atom stereocenters. The zero-order valence-corrected chi connectivity index (χ0v) is 32.8. The molecule has 0 unspecified atom stereocenters. The van der Waals surface area contributed by atoms with E-state index < -0.39 is 34.5 Å². The first-order valence-electron chi connectivity index (χ1n) is 19.7. The van der Waals surface area contributed by atoms with E-state index in [9.17, 15) is 9.59 Å². The van der Waals surface area contributed by atoms with Crippen LogP contribution in [-0.4, -0.2) is 49.9 Å². The molecule has 0 bridgehead atoms. The molecule has 3 heterocycles. The largest absolute Gasteiger partial charge is 0.492 e. The Morgan fingerprint density at radius 1 is 0.673 bits per heavy atom. The number of aromatic amines is 2. The quantitative estimate of drug-likeness (QED) is 0.136. The summed E-state index contributed by atoms with van der Waals surface area (Å²) >= 11 is 0. The van der Waals surface area contributed by atoms with Crippen LogP contribution in [0.2, 0.25) is 0 Å². The van der Waals surface area contributed by atoms with Gasteiger partial charge in [0.05, 0.1) is 23.3 Å². The van der Waals surface area contributed by atoms with Gasteiger partial charge in [0.2, 0.25) is 0 Å². The Kier molecular flexibility index (Phi) is 9.17. The van der Waals surface area contributed by atoms with E-state index in [1.165, 1.54) is 0 Å². The van der Waals surface area contributed by atoms with E-state index in [1.807, 2.05) is 47.6 Å². The molecule has 0 saturated heterocycles. The minimum atomic E-state index is -0.585. The summed E-state index contributed by atoms with van der Waals surface area (Å²) in [6.45, 7) is 11.8. The molecule has 2 aromatic heterocycles. The minimum absolute atomic E-state index is 0.418. The highest BCUT2D eigenvalue weighted by Gasteiger charge is 2.43. The van der Waals surface area contributed by atoms with Gasteiger partial charge in [-0.25, -0.2) is 19.6 Å². The number of nitrogens with one attached hydrogen (secondary N) is 4. The third-order valence-electron chi connectivity index (χ3n) is 11.0. The van der Waals surface area contributed by atoms with Crippen molar-refractivity contribution in [1.82, 2.24) is 30.6 Å². The molecular formula is C44H52N6O5. The normalized spacial score (nSPS) is 17.5. The zero-order valence-electron chi connectivity index (χ0n) is 32.8. The molecule has 0 spiro atoms. The number of imidazole rings is 2. The zero-order chi connectivity index (χ0) is 38.6. The summed E-state index contributed by atoms with van der Waals surface area (Å²) in [4.78, 5) is 43.0. The smallest absolute Gasteiger partial charge is 0.408 e. The van der Waals surface area contributed by atoms with Crippen LogP contribution in [0.3, 0.4) is 0 Å². The molecular weight excluding hydrogens is 693 g/mol. The number of H-pyrrole nitrogens is 2. The molecule has 2 amide bonds. The van der Waals surface area contributed by atoms with Gasteiger partial charge in [-0.2, -0.15) is 0 Å². The maximum absolute atomic E-state index is 12.9. The van der Waals surface area contributed by atoms with Crippen LogP contribution in [0.25, 0.3) is 44.5 Å². The van der Waals surface area contributed by atoms with Crippen molar-refractivity contribution in [3.05, 3.63) is 78.0 Å². The highest BCUT2D eigenvalue weighted by atomic mass is 16.6. The van der Waals surface area contributed by atoms with Crippen molar-refractivity contribution >= 4 is 23.2 Å². The van der Waals surface area contributed by atoms with Crippen molar-refractivity contribution in [3.63, 3.8) is 0 Å². The summed E-state index contributed by atoms with van der Waals surface area (Å²) in [5.41, 5.74) is 6.60. The molecule has 1 aliphatic heterocycles. The van der Waals surface area contributed by atoms with Crippen LogP contribution < -0.4 is 15.4 Å². The van der Waals surface area contributed by atoms with Crippen LogP contribution in [0.15, 0.2) is 60.7 Å². The summed E-state index contributed by atoms with van der Waals surface area (Å²) in [5, 5.41) is 6.35. The maximum Gasteiger partial charge on any atom is 0.408 e. The van der Waals surface area contributed by atoms with E-state index in [0.717, 1.165) is 119 Å². The van der Waals surface area contributed by atoms with E-state index in [-0.39, 0.29) is 0 Å². The average Bonchev–Trinajstić information content (AvgIpc) is 3.93. The molecule has 8 rings (SSSR count). The number of rotatable bonds is 6. The molecule has 2 saturated carbocycles. The fourth-order valence-corrected chi connectivity index (χ4v) is 8.39. The average molecular weight is 745 g/mol. The Balaban J connectivity index is 1.02. The second-order valence-electron chi connectivity index (χ2n) is 17.4. The Morgan fingerprint density at radius 3 is 1.75 bits per heavy atom. The Labute approximate surface area is 322 Å². The van der Waals surface area contributed by atoms with Crippen LogP contribution in [-0.2, 0) is 27.0 Å². The van der Waals surface area contributed by atoms with Crippen molar-refractivity contribution in [2.45, 2.75) is 122 Å². The third kappa shape index (κ3) is 7.53. The van der Waals surface area contributed by atoms with E-state index in [2.05, 4.69) is 75.2 Å². The number of carbonyl (C=O) groups excluding carboxylic acids is 2. The van der Waals surface area contributed by atoms with Gasteiger partial charge >= 0.3 is 12.2 Å². The molecule has 4 N–H and O–H groups in total. The minimum Gasteiger partial charge on any atom is -0.492 e. The lowest BCUT2D eigenvalue weighted by molar-refractivity contribution is 0.0436. The number of alkyl carbamates (subject to hydrolysis) is 2. The molecule has 0 radical (unpaired) electrons. The van der Waals surface area contributed by atoms with Gasteiger partial charge in [-0.15, -0.1) is 0 Å². The third-order valence-corrected chi connectivity index (χ3v) is 11.0. The van der Waals surface area contributed by atoms with Crippen LogP contribution in [0.5, 0.6) is 5.75 Å². The standard InChI is InChI=1S/C44H52N6O5/c1-41(2,3)54-39(51)49-43(20-7-8-21-43)37-45-32-18-16-29(25-34(32)47-37)27-11-13-28(14-12-27)30-15-17-31-35(26-30)53-24-19-33-36(31)48-38(46-33)44(22-9-10-23-44)50-40(52)55-42(4,5)6/h11-18,25-26H,7-10,19-24H2,1-6H3,(H,45,47)(H,46,48)(H,49,51)(H,50,52). The second kappa shape index (κ2) is 13.8. The SMILES string of the molecule is CC(C)(C)OC(=O)NC1(c2nc3c([nH]2)CCOc2cc(-c4ccc(-c5ccc6nc(C7(NC(=O)OC(C)(C)C)CCCC7)[nH]c6c5)cc4)ccc2-3)CCCC1. The van der Waals surface area contributed by atoms with Gasteiger partial charge in [-0.3, -0.25) is 0 Å². The van der Waals surface area contributed by atoms with Gasteiger partial charge < -0.3 is 34.8 Å². The van der Waals surface area contributed by atoms with Crippen molar-refractivity contribution < 1.29 is 23.8 Å². The molecule has 11 heteroatoms. The maximum atomic E-state index is 12.9. The molecule has 11 nitrogen and oxygen atoms in total. The number of fused-ring (bicyclic) bond motifs is 4. The topological polar surface area (TPSA) is 143 Å². The highest BCUT2D eigenvalue weighted by molar-refractivity contribution is 5.83. The van der Waals surface area contributed by atoms with E-state index in [0.29, 0.717) is 13.0 Å². The van der Waals surface area contributed by atoms with Gasteiger partial charge in [0.1, 0.15) is 39.7 Å². The first-order valence-corrected chi connectivity index (χ1v) is 19.7. The summed E-state index contributed by atoms with van der Waals surface area (Å²) < 4.78 is 17.5. The number of benzene rings is 3. The van der Waals surface area contributed by atoms with Crippen molar-refractivity contribution in [3.8, 4) is 39.3 Å². The van der Waals surface area contributed by atoms with Crippen LogP contribution in [0.4, 0.5) is 9.59 Å². The molecule has 5 aromatic rings. The Hall–Kier alpha value is -5.32. The predicted molar refractivity (Wildman–Crippen MR) is 213 cm³/mol. The molecule has 2 fully saturated rings.